The van der Waals surface area contributed by atoms with Crippen LogP contribution < -0.4 is 0 Å². The number of aliphatic hydroxyl groups is 2. The number of rotatable bonds is 3. The fourth-order valence-corrected chi connectivity index (χ4v) is 1.80. The fourth-order valence-electron chi connectivity index (χ4n) is 1.67. The van der Waals surface area contributed by atoms with Crippen molar-refractivity contribution in [3.63, 3.8) is 0 Å². The smallest absolute Gasteiger partial charge is 0.109 e. The number of halogens is 1. The number of hydrogen-bond donors (Lipinski definition) is 2. The van der Waals surface area contributed by atoms with Crippen LogP contribution in [0, 0.1) is 0 Å². The lowest BCUT2D eigenvalue weighted by Crippen LogP contribution is -2.10. The predicted molar refractivity (Wildman–Crippen MR) is 67.8 cm³/mol. The highest BCUT2D eigenvalue weighted by Crippen LogP contribution is 2.28. The van der Waals surface area contributed by atoms with Crippen LogP contribution in [0.25, 0.3) is 0 Å². The standard InChI is InChI=1S/C14H13ClO2/c15-12-8-6-11(7-9-12)14(17)13(16)10-4-2-1-3-5-10/h1-9,13-14,16-17H/t13-,14+/m0/s1. The summed E-state index contributed by atoms with van der Waals surface area (Å²) in [7, 11) is 0. The van der Waals surface area contributed by atoms with Crippen molar-refractivity contribution >= 4 is 11.6 Å². The van der Waals surface area contributed by atoms with Crippen LogP contribution in [0.4, 0.5) is 0 Å². The number of hydrogen-bond acceptors (Lipinski definition) is 2. The monoisotopic (exact) mass is 248 g/mol. The maximum Gasteiger partial charge on any atom is 0.109 e. The summed E-state index contributed by atoms with van der Waals surface area (Å²) in [6, 6.07) is 15.9. The molecule has 2 atom stereocenters. The first-order valence-electron chi connectivity index (χ1n) is 5.35. The predicted octanol–water partition coefficient (Wildman–Crippen LogP) is 3.11. The Balaban J connectivity index is 2.20. The Bertz CT molecular complexity index is 467. The Morgan fingerprint density at radius 3 is 1.71 bits per heavy atom. The second-order valence-corrected chi connectivity index (χ2v) is 4.29. The van der Waals surface area contributed by atoms with Gasteiger partial charge in [0.25, 0.3) is 0 Å². The average Bonchev–Trinajstić information content (AvgIpc) is 2.39. The molecule has 2 aromatic rings. The molecule has 0 saturated carbocycles. The van der Waals surface area contributed by atoms with Gasteiger partial charge in [-0.3, -0.25) is 0 Å². The van der Waals surface area contributed by atoms with Crippen LogP contribution in [0.1, 0.15) is 23.3 Å². The van der Waals surface area contributed by atoms with E-state index in [1.807, 2.05) is 18.2 Å². The van der Waals surface area contributed by atoms with Crippen molar-refractivity contribution in [3.8, 4) is 0 Å². The minimum Gasteiger partial charge on any atom is -0.385 e. The molecule has 0 aliphatic heterocycles. The SMILES string of the molecule is O[C@H](c1ccc(Cl)cc1)[C@@H](O)c1ccccc1. The minimum atomic E-state index is -0.949. The molecule has 0 unspecified atom stereocenters. The zero-order valence-electron chi connectivity index (χ0n) is 9.12. The molecule has 0 amide bonds. The average molecular weight is 249 g/mol. The molecule has 0 fully saturated rings. The lowest BCUT2D eigenvalue weighted by atomic mass is 9.98. The molecule has 2 N–H and O–H groups in total. The molecule has 88 valence electrons. The molecule has 0 aliphatic carbocycles. The van der Waals surface area contributed by atoms with Crippen molar-refractivity contribution in [1.29, 1.82) is 0 Å². The third-order valence-corrected chi connectivity index (χ3v) is 2.90. The summed E-state index contributed by atoms with van der Waals surface area (Å²) >= 11 is 5.77. The van der Waals surface area contributed by atoms with Gasteiger partial charge in [0, 0.05) is 5.02 Å². The molecule has 17 heavy (non-hydrogen) atoms. The third-order valence-electron chi connectivity index (χ3n) is 2.65. The van der Waals surface area contributed by atoms with Gasteiger partial charge in [0.1, 0.15) is 12.2 Å². The van der Waals surface area contributed by atoms with Gasteiger partial charge >= 0.3 is 0 Å². The zero-order valence-corrected chi connectivity index (χ0v) is 9.88. The first-order valence-corrected chi connectivity index (χ1v) is 5.73. The highest BCUT2D eigenvalue weighted by atomic mass is 35.5. The van der Waals surface area contributed by atoms with Crippen molar-refractivity contribution in [2.75, 3.05) is 0 Å². The molecule has 0 radical (unpaired) electrons. The molecule has 0 aromatic heterocycles. The maximum atomic E-state index is 10.0. The van der Waals surface area contributed by atoms with Crippen LogP contribution in [0.5, 0.6) is 0 Å². The van der Waals surface area contributed by atoms with E-state index in [4.69, 9.17) is 11.6 Å². The van der Waals surface area contributed by atoms with Crippen LogP contribution >= 0.6 is 11.6 Å². The highest BCUT2D eigenvalue weighted by Gasteiger charge is 2.19. The van der Waals surface area contributed by atoms with Gasteiger partial charge in [-0.15, -0.1) is 0 Å². The quantitative estimate of drug-likeness (QED) is 0.876. The van der Waals surface area contributed by atoms with Gasteiger partial charge < -0.3 is 10.2 Å². The highest BCUT2D eigenvalue weighted by molar-refractivity contribution is 6.30. The minimum absolute atomic E-state index is 0.607. The van der Waals surface area contributed by atoms with E-state index >= 15 is 0 Å². The van der Waals surface area contributed by atoms with Gasteiger partial charge in [-0.2, -0.15) is 0 Å². The Kier molecular flexibility index (Phi) is 3.79. The van der Waals surface area contributed by atoms with Crippen LogP contribution in [-0.2, 0) is 0 Å². The Morgan fingerprint density at radius 1 is 0.706 bits per heavy atom. The first-order chi connectivity index (χ1) is 8.18. The molecule has 2 rings (SSSR count). The molecule has 2 aromatic carbocycles. The summed E-state index contributed by atoms with van der Waals surface area (Å²) in [5.74, 6) is 0. The third kappa shape index (κ3) is 2.86. The van der Waals surface area contributed by atoms with Gasteiger partial charge in [0.15, 0.2) is 0 Å². The van der Waals surface area contributed by atoms with E-state index in [2.05, 4.69) is 0 Å². The van der Waals surface area contributed by atoms with E-state index in [1.165, 1.54) is 0 Å². The van der Waals surface area contributed by atoms with Crippen LogP contribution in [0.3, 0.4) is 0 Å². The molecular formula is C14H13ClO2. The summed E-state index contributed by atoms with van der Waals surface area (Å²) in [6.45, 7) is 0. The summed E-state index contributed by atoms with van der Waals surface area (Å²) in [4.78, 5) is 0. The van der Waals surface area contributed by atoms with E-state index in [9.17, 15) is 10.2 Å². The maximum absolute atomic E-state index is 10.0. The second-order valence-electron chi connectivity index (χ2n) is 3.85. The van der Waals surface area contributed by atoms with Gasteiger partial charge in [0.05, 0.1) is 0 Å². The molecule has 0 saturated heterocycles. The normalized spacial score (nSPS) is 14.3. The van der Waals surface area contributed by atoms with Gasteiger partial charge in [-0.25, -0.2) is 0 Å². The molecule has 0 spiro atoms. The van der Waals surface area contributed by atoms with Crippen molar-refractivity contribution in [3.05, 3.63) is 70.7 Å². The second kappa shape index (κ2) is 5.32. The van der Waals surface area contributed by atoms with E-state index in [-0.39, 0.29) is 0 Å². The van der Waals surface area contributed by atoms with Crippen molar-refractivity contribution in [2.24, 2.45) is 0 Å². The van der Waals surface area contributed by atoms with Crippen molar-refractivity contribution in [2.45, 2.75) is 12.2 Å². The zero-order chi connectivity index (χ0) is 12.3. The molecule has 0 heterocycles. The fraction of sp³-hybridized carbons (Fsp3) is 0.143. The molecule has 0 bridgehead atoms. The largest absolute Gasteiger partial charge is 0.385 e. The van der Waals surface area contributed by atoms with E-state index < -0.39 is 12.2 Å². The van der Waals surface area contributed by atoms with E-state index in [0.717, 1.165) is 0 Å². The number of benzene rings is 2. The number of aliphatic hydroxyl groups excluding tert-OH is 2. The molecule has 2 nitrogen and oxygen atoms in total. The van der Waals surface area contributed by atoms with Crippen LogP contribution in [-0.4, -0.2) is 10.2 Å². The summed E-state index contributed by atoms with van der Waals surface area (Å²) in [5.41, 5.74) is 1.33. The van der Waals surface area contributed by atoms with Crippen LogP contribution in [0.15, 0.2) is 54.6 Å². The Labute approximate surface area is 105 Å². The van der Waals surface area contributed by atoms with Gasteiger partial charge in [0.2, 0.25) is 0 Å². The first kappa shape index (κ1) is 12.1. The topological polar surface area (TPSA) is 40.5 Å². The molecular weight excluding hydrogens is 236 g/mol. The molecule has 3 heteroatoms. The Morgan fingerprint density at radius 2 is 1.18 bits per heavy atom. The van der Waals surface area contributed by atoms with E-state index in [0.29, 0.717) is 16.1 Å². The summed E-state index contributed by atoms with van der Waals surface area (Å²) in [6.07, 6.45) is -1.88. The lowest BCUT2D eigenvalue weighted by molar-refractivity contribution is 0.0172. The van der Waals surface area contributed by atoms with Gasteiger partial charge in [-0.1, -0.05) is 54.1 Å². The Hall–Kier alpha value is -1.35. The van der Waals surface area contributed by atoms with Crippen molar-refractivity contribution in [1.82, 2.24) is 0 Å². The summed E-state index contributed by atoms with van der Waals surface area (Å²) < 4.78 is 0. The van der Waals surface area contributed by atoms with E-state index in [1.54, 1.807) is 36.4 Å². The van der Waals surface area contributed by atoms with Crippen LogP contribution in [0.2, 0.25) is 5.02 Å². The van der Waals surface area contributed by atoms with Crippen molar-refractivity contribution < 1.29 is 10.2 Å². The summed E-state index contributed by atoms with van der Waals surface area (Å²) in [5, 5.41) is 20.7. The lowest BCUT2D eigenvalue weighted by Gasteiger charge is -2.18. The van der Waals surface area contributed by atoms with Gasteiger partial charge in [-0.05, 0) is 23.3 Å². The molecule has 0 aliphatic rings.